The molecule has 42 heavy (non-hydrogen) atoms. The minimum atomic E-state index is -3.62. The third kappa shape index (κ3) is 5.33. The van der Waals surface area contributed by atoms with Gasteiger partial charge in [0.05, 0.1) is 23.0 Å². The molecule has 0 saturated carbocycles. The van der Waals surface area contributed by atoms with E-state index in [0.29, 0.717) is 35.4 Å². The number of pyridine rings is 1. The summed E-state index contributed by atoms with van der Waals surface area (Å²) >= 11 is 1.33. The average molecular weight is 600 g/mol. The minimum Gasteiger partial charge on any atom is -0.327 e. The van der Waals surface area contributed by atoms with Crippen molar-refractivity contribution in [1.29, 1.82) is 0 Å². The van der Waals surface area contributed by atoms with Gasteiger partial charge in [0, 0.05) is 40.5 Å². The lowest BCUT2D eigenvalue weighted by molar-refractivity contribution is -0.119. The van der Waals surface area contributed by atoms with Crippen LogP contribution in [0, 0.1) is 13.8 Å². The summed E-state index contributed by atoms with van der Waals surface area (Å²) in [6.45, 7) is 4.35. The van der Waals surface area contributed by atoms with E-state index in [2.05, 4.69) is 21.4 Å². The summed E-state index contributed by atoms with van der Waals surface area (Å²) in [5.74, 6) is -0.686. The summed E-state index contributed by atoms with van der Waals surface area (Å²) in [6.07, 6.45) is 3.62. The Morgan fingerprint density at radius 3 is 2.45 bits per heavy atom. The number of anilines is 1. The third-order valence-electron chi connectivity index (χ3n) is 7.39. The van der Waals surface area contributed by atoms with Crippen LogP contribution in [0.25, 0.3) is 33.3 Å². The van der Waals surface area contributed by atoms with Crippen molar-refractivity contribution in [2.45, 2.75) is 32.7 Å². The molecule has 1 aliphatic heterocycles. The van der Waals surface area contributed by atoms with Gasteiger partial charge in [-0.1, -0.05) is 36.4 Å². The molecular formula is C31H29N5O4S2. The van der Waals surface area contributed by atoms with E-state index in [-0.39, 0.29) is 17.4 Å². The molecule has 9 nitrogen and oxygen atoms in total. The number of para-hydroxylation sites is 1. The van der Waals surface area contributed by atoms with Gasteiger partial charge >= 0.3 is 0 Å². The number of nitrogens with zero attached hydrogens (tertiary/aromatic N) is 4. The van der Waals surface area contributed by atoms with Gasteiger partial charge in [0.1, 0.15) is 6.04 Å². The maximum absolute atomic E-state index is 13.7. The van der Waals surface area contributed by atoms with Crippen LogP contribution in [0.3, 0.4) is 0 Å². The fraction of sp³-hybridized carbons (Fsp3) is 0.226. The molecule has 6 rings (SSSR count). The van der Waals surface area contributed by atoms with Crippen molar-refractivity contribution in [3.05, 3.63) is 89.2 Å². The van der Waals surface area contributed by atoms with E-state index in [1.807, 2.05) is 49.6 Å². The molecule has 2 aromatic carbocycles. The Kier molecular flexibility index (Phi) is 7.15. The van der Waals surface area contributed by atoms with Crippen LogP contribution in [0.5, 0.6) is 0 Å². The number of aryl methyl sites for hydroxylation is 2. The Balaban J connectivity index is 1.21. The SMILES string of the molecule is Cc1cc(-c2cccc(-c3csc(NC(=O)[C@@H]4CCCN4C(=O)c4cn(S(C)(=O)=O)c5ccccc45)n3)c2)cc(C)n1. The molecule has 4 heterocycles. The number of hydrogen-bond acceptors (Lipinski definition) is 7. The molecule has 1 aliphatic rings. The average Bonchev–Trinajstić information content (AvgIpc) is 3.70. The van der Waals surface area contributed by atoms with Crippen LogP contribution in [0.15, 0.2) is 72.2 Å². The predicted octanol–water partition coefficient (Wildman–Crippen LogP) is 5.49. The van der Waals surface area contributed by atoms with Crippen LogP contribution in [0.1, 0.15) is 34.6 Å². The molecule has 2 amide bonds. The molecule has 0 spiro atoms. The number of benzene rings is 2. The molecule has 11 heteroatoms. The number of rotatable bonds is 6. The third-order valence-corrected chi connectivity index (χ3v) is 9.16. The molecule has 1 fully saturated rings. The highest BCUT2D eigenvalue weighted by molar-refractivity contribution is 7.89. The standard InChI is InChI=1S/C31H29N5O4S2/c1-19-14-23(15-20(2)32-19)21-8-6-9-22(16-21)26-18-41-31(33-26)34-29(37)28-12-7-13-35(28)30(38)25-17-36(42(3,39)40)27-11-5-4-10-24(25)27/h4-6,8-11,14-18,28H,7,12-13H2,1-3H3,(H,33,34,37)/t28-/m0/s1. The monoisotopic (exact) mass is 599 g/mol. The summed E-state index contributed by atoms with van der Waals surface area (Å²) in [5, 5.41) is 5.78. The predicted molar refractivity (Wildman–Crippen MR) is 165 cm³/mol. The summed E-state index contributed by atoms with van der Waals surface area (Å²) in [7, 11) is -3.62. The zero-order valence-corrected chi connectivity index (χ0v) is 25.0. The van der Waals surface area contributed by atoms with E-state index < -0.39 is 16.1 Å². The fourth-order valence-corrected chi connectivity index (χ4v) is 7.08. The van der Waals surface area contributed by atoms with Gasteiger partial charge in [0.2, 0.25) is 15.9 Å². The smallest absolute Gasteiger partial charge is 0.256 e. The van der Waals surface area contributed by atoms with Gasteiger partial charge in [-0.05, 0) is 62.1 Å². The Labute approximate surface area is 247 Å². The summed E-state index contributed by atoms with van der Waals surface area (Å²) < 4.78 is 25.9. The molecule has 1 saturated heterocycles. The van der Waals surface area contributed by atoms with Crippen molar-refractivity contribution >= 4 is 49.2 Å². The van der Waals surface area contributed by atoms with Crippen molar-refractivity contribution < 1.29 is 18.0 Å². The van der Waals surface area contributed by atoms with Crippen LogP contribution in [-0.2, 0) is 14.8 Å². The number of amides is 2. The van der Waals surface area contributed by atoms with Crippen LogP contribution in [0.2, 0.25) is 0 Å². The number of likely N-dealkylation sites (tertiary alicyclic amines) is 1. The number of hydrogen-bond donors (Lipinski definition) is 1. The van der Waals surface area contributed by atoms with Gasteiger partial charge in [0.25, 0.3) is 5.91 Å². The second kappa shape index (κ2) is 10.8. The molecule has 0 radical (unpaired) electrons. The number of nitrogens with one attached hydrogen (secondary N) is 1. The fourth-order valence-electron chi connectivity index (χ4n) is 5.54. The van der Waals surface area contributed by atoms with Gasteiger partial charge in [-0.15, -0.1) is 11.3 Å². The van der Waals surface area contributed by atoms with E-state index in [1.165, 1.54) is 22.4 Å². The Morgan fingerprint density at radius 2 is 1.69 bits per heavy atom. The zero-order valence-electron chi connectivity index (χ0n) is 23.4. The quantitative estimate of drug-likeness (QED) is 0.276. The van der Waals surface area contributed by atoms with Crippen molar-refractivity contribution in [2.24, 2.45) is 0 Å². The second-order valence-electron chi connectivity index (χ2n) is 10.5. The molecule has 1 atom stereocenters. The van der Waals surface area contributed by atoms with Gasteiger partial charge < -0.3 is 10.2 Å². The first-order chi connectivity index (χ1) is 20.1. The molecule has 0 unspecified atom stereocenters. The highest BCUT2D eigenvalue weighted by atomic mass is 32.2. The van der Waals surface area contributed by atoms with Gasteiger partial charge in [-0.25, -0.2) is 17.4 Å². The van der Waals surface area contributed by atoms with Crippen molar-refractivity contribution in [2.75, 3.05) is 18.1 Å². The highest BCUT2D eigenvalue weighted by Crippen LogP contribution is 2.31. The first-order valence-corrected chi connectivity index (χ1v) is 16.3. The molecule has 1 N–H and O–H groups in total. The normalized spacial score (nSPS) is 15.3. The maximum Gasteiger partial charge on any atom is 0.256 e. The minimum absolute atomic E-state index is 0.256. The molecule has 214 valence electrons. The molecule has 0 bridgehead atoms. The first kappa shape index (κ1) is 27.8. The molecule has 5 aromatic rings. The number of aromatic nitrogens is 3. The number of fused-ring (bicyclic) bond motifs is 1. The van der Waals surface area contributed by atoms with E-state index in [9.17, 15) is 18.0 Å². The number of carbonyl (C=O) groups excluding carboxylic acids is 2. The summed E-state index contributed by atoms with van der Waals surface area (Å²) in [4.78, 5) is 37.7. The van der Waals surface area contributed by atoms with Gasteiger partial charge in [-0.3, -0.25) is 14.6 Å². The Hall–Kier alpha value is -4.35. The molecule has 3 aromatic heterocycles. The second-order valence-corrected chi connectivity index (χ2v) is 13.2. The molecule has 0 aliphatic carbocycles. The molecular weight excluding hydrogens is 571 g/mol. The van der Waals surface area contributed by atoms with Gasteiger partial charge in [-0.2, -0.15) is 0 Å². The van der Waals surface area contributed by atoms with E-state index >= 15 is 0 Å². The van der Waals surface area contributed by atoms with Crippen molar-refractivity contribution in [3.8, 4) is 22.4 Å². The Morgan fingerprint density at radius 1 is 0.952 bits per heavy atom. The first-order valence-electron chi connectivity index (χ1n) is 13.5. The van der Waals surface area contributed by atoms with Crippen LogP contribution in [-0.4, -0.2) is 57.9 Å². The lowest BCUT2D eigenvalue weighted by atomic mass is 10.0. The van der Waals surface area contributed by atoms with Crippen LogP contribution in [0.4, 0.5) is 5.13 Å². The van der Waals surface area contributed by atoms with Crippen LogP contribution >= 0.6 is 11.3 Å². The number of thiazole rings is 1. The van der Waals surface area contributed by atoms with Crippen molar-refractivity contribution in [1.82, 2.24) is 18.8 Å². The largest absolute Gasteiger partial charge is 0.327 e. The summed E-state index contributed by atoms with van der Waals surface area (Å²) in [6, 6.07) is 18.4. The highest BCUT2D eigenvalue weighted by Gasteiger charge is 2.36. The van der Waals surface area contributed by atoms with Crippen molar-refractivity contribution in [3.63, 3.8) is 0 Å². The van der Waals surface area contributed by atoms with E-state index in [4.69, 9.17) is 0 Å². The van der Waals surface area contributed by atoms with Crippen LogP contribution < -0.4 is 5.32 Å². The topological polar surface area (TPSA) is 114 Å². The summed E-state index contributed by atoms with van der Waals surface area (Å²) in [5.41, 5.74) is 6.39. The maximum atomic E-state index is 13.7. The van der Waals surface area contributed by atoms with Gasteiger partial charge in [0.15, 0.2) is 5.13 Å². The van der Waals surface area contributed by atoms with E-state index in [0.717, 1.165) is 44.0 Å². The lowest BCUT2D eigenvalue weighted by Gasteiger charge is -2.23. The number of carbonyl (C=O) groups is 2. The Bertz CT molecular complexity index is 1940. The lowest BCUT2D eigenvalue weighted by Crippen LogP contribution is -2.43. The van der Waals surface area contributed by atoms with E-state index in [1.54, 1.807) is 24.3 Å². The zero-order chi connectivity index (χ0) is 29.6.